The third kappa shape index (κ3) is 5.58. The molecule has 5 aromatic rings. The van der Waals surface area contributed by atoms with Gasteiger partial charge >= 0.3 is 5.97 Å². The van der Waals surface area contributed by atoms with Crippen LogP contribution in [0.25, 0.3) is 17.5 Å². The molecule has 3 heterocycles. The number of nitrogens with zero attached hydrogens (tertiary/aromatic N) is 3. The second-order valence-electron chi connectivity index (χ2n) is 11.2. The Morgan fingerprint density at radius 2 is 1.64 bits per heavy atom. The third-order valence-electron chi connectivity index (χ3n) is 8.03. The summed E-state index contributed by atoms with van der Waals surface area (Å²) in [6.45, 7) is 10.3. The van der Waals surface area contributed by atoms with Gasteiger partial charge in [0.15, 0.2) is 4.80 Å². The number of aromatic nitrogens is 2. The minimum absolute atomic E-state index is 0.195. The molecule has 0 saturated heterocycles. The van der Waals surface area contributed by atoms with Gasteiger partial charge < -0.3 is 14.0 Å². The molecule has 8 heteroatoms. The van der Waals surface area contributed by atoms with Crippen molar-refractivity contribution in [2.45, 2.75) is 40.7 Å². The number of hydrogen-bond acceptors (Lipinski definition) is 6. The predicted molar refractivity (Wildman–Crippen MR) is 179 cm³/mol. The smallest absolute Gasteiger partial charge is 0.338 e. The molecule has 6 rings (SSSR count). The SMILES string of the molecule is CCOC(=O)C1=C(c2ccccc2)N=c2s/c(=C/c3cc(C)n(-c4cc(C)cc(C)c4)c3C)c(=O)n2[C@@H]1c1ccc(OC)cc1. The van der Waals surface area contributed by atoms with Crippen molar-refractivity contribution in [3.63, 3.8) is 0 Å². The number of rotatable bonds is 7. The summed E-state index contributed by atoms with van der Waals surface area (Å²) in [5.74, 6) is 0.169. The van der Waals surface area contributed by atoms with E-state index in [1.54, 1.807) is 18.6 Å². The second kappa shape index (κ2) is 12.2. The van der Waals surface area contributed by atoms with Crippen LogP contribution in [-0.4, -0.2) is 28.8 Å². The number of thiazole rings is 1. The van der Waals surface area contributed by atoms with Gasteiger partial charge in [-0.1, -0.05) is 59.9 Å². The fourth-order valence-electron chi connectivity index (χ4n) is 6.09. The molecule has 0 spiro atoms. The van der Waals surface area contributed by atoms with E-state index in [1.165, 1.54) is 22.5 Å². The third-order valence-corrected chi connectivity index (χ3v) is 9.01. The molecule has 0 saturated carbocycles. The Bertz CT molecular complexity index is 2110. The summed E-state index contributed by atoms with van der Waals surface area (Å²) in [6.07, 6.45) is 1.94. The Morgan fingerprint density at radius 3 is 2.29 bits per heavy atom. The lowest BCUT2D eigenvalue weighted by molar-refractivity contribution is -0.138. The first kappa shape index (κ1) is 30.1. The fourth-order valence-corrected chi connectivity index (χ4v) is 7.09. The molecule has 0 N–H and O–H groups in total. The van der Waals surface area contributed by atoms with E-state index in [1.807, 2.05) is 60.7 Å². The molecule has 0 unspecified atom stereocenters. The van der Waals surface area contributed by atoms with E-state index in [-0.39, 0.29) is 12.2 Å². The fraction of sp³-hybridized carbons (Fsp3) is 0.216. The molecule has 0 bridgehead atoms. The number of aryl methyl sites for hydroxylation is 3. The van der Waals surface area contributed by atoms with Gasteiger partial charge in [-0.25, -0.2) is 9.79 Å². The number of hydrogen-bond donors (Lipinski definition) is 0. The number of methoxy groups -OCH3 is 1. The zero-order valence-electron chi connectivity index (χ0n) is 26.3. The van der Waals surface area contributed by atoms with E-state index in [0.29, 0.717) is 26.4 Å². The molecule has 1 aliphatic heterocycles. The van der Waals surface area contributed by atoms with Crippen LogP contribution in [0.3, 0.4) is 0 Å². The molecular formula is C37H35N3O4S. The Kier molecular flexibility index (Phi) is 8.16. The van der Waals surface area contributed by atoms with Gasteiger partial charge in [-0.3, -0.25) is 9.36 Å². The summed E-state index contributed by atoms with van der Waals surface area (Å²) in [5.41, 5.74) is 8.66. The normalized spacial score (nSPS) is 14.7. The summed E-state index contributed by atoms with van der Waals surface area (Å²) in [7, 11) is 1.60. The van der Waals surface area contributed by atoms with Crippen LogP contribution in [0.4, 0.5) is 0 Å². The summed E-state index contributed by atoms with van der Waals surface area (Å²) in [6, 6.07) is 24.8. The molecule has 3 aromatic carbocycles. The Hall–Kier alpha value is -4.95. The lowest BCUT2D eigenvalue weighted by atomic mass is 9.93. The van der Waals surface area contributed by atoms with Gasteiger partial charge in [0.1, 0.15) is 5.75 Å². The quantitative estimate of drug-likeness (QED) is 0.211. The zero-order valence-corrected chi connectivity index (χ0v) is 27.1. The van der Waals surface area contributed by atoms with E-state index in [2.05, 4.69) is 56.5 Å². The number of fused-ring (bicyclic) bond motifs is 1. The van der Waals surface area contributed by atoms with Crippen LogP contribution >= 0.6 is 11.3 Å². The maximum atomic E-state index is 14.3. The van der Waals surface area contributed by atoms with Crippen molar-refractivity contribution in [3.8, 4) is 11.4 Å². The highest BCUT2D eigenvalue weighted by molar-refractivity contribution is 7.07. The van der Waals surface area contributed by atoms with Gasteiger partial charge in [0.05, 0.1) is 35.6 Å². The summed E-state index contributed by atoms with van der Waals surface area (Å²) < 4.78 is 15.3. The lowest BCUT2D eigenvalue weighted by Gasteiger charge is -2.26. The van der Waals surface area contributed by atoms with Crippen molar-refractivity contribution in [1.29, 1.82) is 0 Å². The highest BCUT2D eigenvalue weighted by Crippen LogP contribution is 2.35. The number of carbonyl (C=O) groups excluding carboxylic acids is 1. The Morgan fingerprint density at radius 1 is 0.956 bits per heavy atom. The van der Waals surface area contributed by atoms with Gasteiger partial charge in [0, 0.05) is 22.6 Å². The van der Waals surface area contributed by atoms with Crippen LogP contribution in [-0.2, 0) is 9.53 Å². The van der Waals surface area contributed by atoms with Crippen LogP contribution in [0.5, 0.6) is 5.75 Å². The standard InChI is InChI=1S/C37H35N3O4S/c1-7-44-36(42)32-33(26-11-9-8-10-12-26)38-37-40(34(32)27-13-15-30(43-6)16-14-27)35(41)31(45-37)21-28-20-24(4)39(25(28)5)29-18-22(2)17-23(3)19-29/h8-21,34H,7H2,1-6H3/b31-21+/t34-/m1/s1. The average Bonchev–Trinajstić information content (AvgIpc) is 3.49. The molecule has 7 nitrogen and oxygen atoms in total. The maximum absolute atomic E-state index is 14.3. The van der Waals surface area contributed by atoms with Crippen molar-refractivity contribution in [3.05, 3.63) is 143 Å². The summed E-state index contributed by atoms with van der Waals surface area (Å²) >= 11 is 1.32. The molecule has 0 radical (unpaired) electrons. The largest absolute Gasteiger partial charge is 0.497 e. The summed E-state index contributed by atoms with van der Waals surface area (Å²) in [4.78, 5) is 33.5. The van der Waals surface area contributed by atoms with Gasteiger partial charge in [-0.05, 0) is 93.3 Å². The lowest BCUT2D eigenvalue weighted by Crippen LogP contribution is -2.40. The molecule has 2 aromatic heterocycles. The first-order valence-electron chi connectivity index (χ1n) is 14.9. The predicted octanol–water partition coefficient (Wildman–Crippen LogP) is 5.97. The highest BCUT2D eigenvalue weighted by atomic mass is 32.1. The van der Waals surface area contributed by atoms with Crippen molar-refractivity contribution in [2.24, 2.45) is 4.99 Å². The molecule has 0 fully saturated rings. The molecule has 0 amide bonds. The molecular weight excluding hydrogens is 582 g/mol. The molecule has 0 aliphatic carbocycles. The van der Waals surface area contributed by atoms with E-state index >= 15 is 0 Å². The van der Waals surface area contributed by atoms with Crippen LogP contribution < -0.4 is 19.6 Å². The van der Waals surface area contributed by atoms with E-state index in [9.17, 15) is 9.59 Å². The summed E-state index contributed by atoms with van der Waals surface area (Å²) in [5, 5.41) is 0. The van der Waals surface area contributed by atoms with Crippen LogP contribution in [0.15, 0.2) is 94.2 Å². The van der Waals surface area contributed by atoms with Crippen molar-refractivity contribution in [2.75, 3.05) is 13.7 Å². The first-order valence-corrected chi connectivity index (χ1v) is 15.7. The van der Waals surface area contributed by atoms with Crippen LogP contribution in [0.2, 0.25) is 0 Å². The topological polar surface area (TPSA) is 74.8 Å². The first-order chi connectivity index (χ1) is 21.7. The molecule has 1 atom stereocenters. The van der Waals surface area contributed by atoms with Gasteiger partial charge in [-0.2, -0.15) is 0 Å². The van der Waals surface area contributed by atoms with Gasteiger partial charge in [0.25, 0.3) is 5.56 Å². The van der Waals surface area contributed by atoms with E-state index in [0.717, 1.165) is 33.8 Å². The Balaban J connectivity index is 1.59. The molecule has 228 valence electrons. The molecule has 1 aliphatic rings. The number of benzene rings is 3. The number of carbonyl (C=O) groups is 1. The average molecular weight is 618 g/mol. The van der Waals surface area contributed by atoms with E-state index in [4.69, 9.17) is 14.5 Å². The number of esters is 1. The van der Waals surface area contributed by atoms with Crippen LogP contribution in [0.1, 0.15) is 52.2 Å². The minimum Gasteiger partial charge on any atom is -0.497 e. The van der Waals surface area contributed by atoms with Gasteiger partial charge in [0.2, 0.25) is 0 Å². The molecule has 45 heavy (non-hydrogen) atoms. The van der Waals surface area contributed by atoms with Gasteiger partial charge in [-0.15, -0.1) is 0 Å². The monoisotopic (exact) mass is 617 g/mol. The van der Waals surface area contributed by atoms with Crippen molar-refractivity contribution in [1.82, 2.24) is 9.13 Å². The second-order valence-corrected chi connectivity index (χ2v) is 12.2. The zero-order chi connectivity index (χ0) is 31.8. The minimum atomic E-state index is -0.744. The van der Waals surface area contributed by atoms with E-state index < -0.39 is 12.0 Å². The maximum Gasteiger partial charge on any atom is 0.338 e. The Labute approximate surface area is 266 Å². The van der Waals surface area contributed by atoms with Crippen LogP contribution in [0, 0.1) is 27.7 Å². The number of ether oxygens (including phenoxy) is 2. The highest BCUT2D eigenvalue weighted by Gasteiger charge is 2.35. The van der Waals surface area contributed by atoms with Crippen molar-refractivity contribution >= 4 is 29.1 Å². The van der Waals surface area contributed by atoms with Crippen molar-refractivity contribution < 1.29 is 14.3 Å².